The highest BCUT2D eigenvalue weighted by molar-refractivity contribution is 6.33. The predicted molar refractivity (Wildman–Crippen MR) is 81.1 cm³/mol. The number of pyridine rings is 1. The fourth-order valence-electron chi connectivity index (χ4n) is 1.74. The predicted octanol–water partition coefficient (Wildman–Crippen LogP) is 2.97. The molecule has 1 atom stereocenters. The van der Waals surface area contributed by atoms with E-state index in [1.165, 1.54) is 6.20 Å². The molecule has 0 spiro atoms. The van der Waals surface area contributed by atoms with Gasteiger partial charge >= 0.3 is 0 Å². The second-order valence-corrected chi connectivity index (χ2v) is 4.88. The van der Waals surface area contributed by atoms with E-state index in [4.69, 9.17) is 11.6 Å². The number of aromatic nitrogens is 1. The first-order chi connectivity index (χ1) is 9.66. The van der Waals surface area contributed by atoms with Crippen molar-refractivity contribution in [2.45, 2.75) is 13.0 Å². The summed E-state index contributed by atoms with van der Waals surface area (Å²) >= 11 is 5.94. The monoisotopic (exact) mass is 289 g/mol. The fraction of sp³-hybridized carbons (Fsp3) is 0.200. The van der Waals surface area contributed by atoms with E-state index in [1.807, 2.05) is 37.3 Å². The van der Waals surface area contributed by atoms with Gasteiger partial charge in [0.15, 0.2) is 0 Å². The van der Waals surface area contributed by atoms with Crippen LogP contribution in [0.15, 0.2) is 48.8 Å². The van der Waals surface area contributed by atoms with Gasteiger partial charge in [0, 0.05) is 30.7 Å². The molecular formula is C15H16ClN3O. The van der Waals surface area contributed by atoms with Crippen LogP contribution >= 0.6 is 11.6 Å². The smallest absolute Gasteiger partial charge is 0.253 e. The topological polar surface area (TPSA) is 54.0 Å². The highest BCUT2D eigenvalue weighted by Crippen LogP contribution is 2.13. The molecule has 0 unspecified atom stereocenters. The van der Waals surface area contributed by atoms with Crippen molar-refractivity contribution in [3.63, 3.8) is 0 Å². The van der Waals surface area contributed by atoms with Gasteiger partial charge in [-0.15, -0.1) is 0 Å². The van der Waals surface area contributed by atoms with Crippen LogP contribution in [0, 0.1) is 0 Å². The summed E-state index contributed by atoms with van der Waals surface area (Å²) in [5, 5.41) is 6.50. The second kappa shape index (κ2) is 6.91. The number of hydrogen-bond acceptors (Lipinski definition) is 3. The van der Waals surface area contributed by atoms with Crippen molar-refractivity contribution < 1.29 is 4.79 Å². The lowest BCUT2D eigenvalue weighted by atomic mass is 10.2. The number of nitrogens with zero attached hydrogens (tertiary/aromatic N) is 1. The number of carbonyl (C=O) groups excluding carboxylic acids is 1. The fourth-order valence-corrected chi connectivity index (χ4v) is 1.94. The molecule has 0 bridgehead atoms. The molecule has 0 saturated carbocycles. The highest BCUT2D eigenvalue weighted by Gasteiger charge is 2.12. The van der Waals surface area contributed by atoms with Crippen molar-refractivity contribution in [1.82, 2.24) is 10.3 Å². The van der Waals surface area contributed by atoms with E-state index in [1.54, 1.807) is 12.3 Å². The first-order valence-electron chi connectivity index (χ1n) is 6.36. The molecule has 1 aromatic heterocycles. The molecule has 2 aromatic rings. The Morgan fingerprint density at radius 1 is 1.30 bits per heavy atom. The Morgan fingerprint density at radius 2 is 2.05 bits per heavy atom. The van der Waals surface area contributed by atoms with Crippen LogP contribution in [0.25, 0.3) is 0 Å². The van der Waals surface area contributed by atoms with Crippen molar-refractivity contribution >= 4 is 23.2 Å². The Balaban J connectivity index is 1.87. The highest BCUT2D eigenvalue weighted by atomic mass is 35.5. The van der Waals surface area contributed by atoms with Gasteiger partial charge in [-0.3, -0.25) is 9.78 Å². The Kier molecular flexibility index (Phi) is 4.96. The van der Waals surface area contributed by atoms with Gasteiger partial charge in [0.1, 0.15) is 0 Å². The van der Waals surface area contributed by atoms with E-state index in [0.29, 0.717) is 17.1 Å². The zero-order chi connectivity index (χ0) is 14.4. The molecule has 0 aliphatic heterocycles. The van der Waals surface area contributed by atoms with Crippen LogP contribution in [0.1, 0.15) is 17.3 Å². The number of amides is 1. The van der Waals surface area contributed by atoms with Crippen LogP contribution in [0.4, 0.5) is 5.69 Å². The zero-order valence-electron chi connectivity index (χ0n) is 11.1. The van der Waals surface area contributed by atoms with Crippen LogP contribution < -0.4 is 10.6 Å². The van der Waals surface area contributed by atoms with Gasteiger partial charge < -0.3 is 10.6 Å². The molecule has 0 aliphatic rings. The van der Waals surface area contributed by atoms with Gasteiger partial charge in [0.05, 0.1) is 10.6 Å². The average Bonchev–Trinajstić information content (AvgIpc) is 2.46. The van der Waals surface area contributed by atoms with Gasteiger partial charge in [-0.2, -0.15) is 0 Å². The second-order valence-electron chi connectivity index (χ2n) is 4.48. The zero-order valence-corrected chi connectivity index (χ0v) is 11.9. The number of hydrogen-bond donors (Lipinski definition) is 2. The molecule has 2 N–H and O–H groups in total. The maximum atomic E-state index is 12.0. The van der Waals surface area contributed by atoms with Gasteiger partial charge in [0.25, 0.3) is 5.91 Å². The summed E-state index contributed by atoms with van der Waals surface area (Å²) < 4.78 is 0. The van der Waals surface area contributed by atoms with Gasteiger partial charge in [0.2, 0.25) is 0 Å². The third-order valence-electron chi connectivity index (χ3n) is 2.78. The number of rotatable bonds is 5. The summed E-state index contributed by atoms with van der Waals surface area (Å²) in [6.07, 6.45) is 3.01. The maximum Gasteiger partial charge on any atom is 0.253 e. The molecule has 1 aromatic carbocycles. The lowest BCUT2D eigenvalue weighted by Crippen LogP contribution is -2.37. The van der Waals surface area contributed by atoms with E-state index < -0.39 is 0 Å². The molecule has 0 aliphatic carbocycles. The van der Waals surface area contributed by atoms with Crippen LogP contribution in [0.5, 0.6) is 0 Å². The van der Waals surface area contributed by atoms with Crippen molar-refractivity contribution in [2.24, 2.45) is 0 Å². The van der Waals surface area contributed by atoms with Crippen molar-refractivity contribution in [3.05, 3.63) is 59.4 Å². The molecule has 0 saturated heterocycles. The van der Waals surface area contributed by atoms with Crippen LogP contribution in [0.2, 0.25) is 5.02 Å². The number of nitrogens with one attached hydrogen (secondary N) is 2. The summed E-state index contributed by atoms with van der Waals surface area (Å²) in [4.78, 5) is 15.9. The normalized spacial score (nSPS) is 11.7. The lowest BCUT2D eigenvalue weighted by molar-refractivity contribution is 0.0942. The SMILES string of the molecule is C[C@H](CNc1ccccc1)NC(=O)c1ccncc1Cl. The van der Waals surface area contributed by atoms with E-state index >= 15 is 0 Å². The molecular weight excluding hydrogens is 274 g/mol. The minimum atomic E-state index is -0.195. The standard InChI is InChI=1S/C15H16ClN3O/c1-11(9-18-12-5-3-2-4-6-12)19-15(20)13-7-8-17-10-14(13)16/h2-8,10-11,18H,9H2,1H3,(H,19,20)/t11-/m1/s1. The third kappa shape index (κ3) is 3.96. The Hall–Kier alpha value is -2.07. The van der Waals surface area contributed by atoms with Crippen molar-refractivity contribution in [2.75, 3.05) is 11.9 Å². The molecule has 0 radical (unpaired) electrons. The summed E-state index contributed by atoms with van der Waals surface area (Å²) in [6, 6.07) is 11.4. The van der Waals surface area contributed by atoms with E-state index in [2.05, 4.69) is 15.6 Å². The minimum absolute atomic E-state index is 0.0214. The average molecular weight is 290 g/mol. The molecule has 0 fully saturated rings. The number of halogens is 1. The summed E-state index contributed by atoms with van der Waals surface area (Å²) in [5.74, 6) is -0.195. The van der Waals surface area contributed by atoms with Gasteiger partial charge in [-0.05, 0) is 25.1 Å². The summed E-state index contributed by atoms with van der Waals surface area (Å²) in [6.45, 7) is 2.57. The summed E-state index contributed by atoms with van der Waals surface area (Å²) in [7, 11) is 0. The van der Waals surface area contributed by atoms with Crippen LogP contribution in [-0.2, 0) is 0 Å². The Labute approximate surface area is 123 Å². The Morgan fingerprint density at radius 3 is 2.75 bits per heavy atom. The third-order valence-corrected chi connectivity index (χ3v) is 3.08. The molecule has 20 heavy (non-hydrogen) atoms. The van der Waals surface area contributed by atoms with Gasteiger partial charge in [-0.25, -0.2) is 0 Å². The van der Waals surface area contributed by atoms with Crippen molar-refractivity contribution in [3.8, 4) is 0 Å². The molecule has 2 rings (SSSR count). The first kappa shape index (κ1) is 14.3. The lowest BCUT2D eigenvalue weighted by Gasteiger charge is -2.16. The number of anilines is 1. The van der Waals surface area contributed by atoms with Gasteiger partial charge in [-0.1, -0.05) is 29.8 Å². The van der Waals surface area contributed by atoms with Crippen molar-refractivity contribution in [1.29, 1.82) is 0 Å². The molecule has 1 amide bonds. The number of carbonyl (C=O) groups is 1. The molecule has 4 nitrogen and oxygen atoms in total. The maximum absolute atomic E-state index is 12.0. The molecule has 1 heterocycles. The number of benzene rings is 1. The van der Waals surface area contributed by atoms with E-state index in [-0.39, 0.29) is 11.9 Å². The molecule has 5 heteroatoms. The number of para-hydroxylation sites is 1. The quantitative estimate of drug-likeness (QED) is 0.890. The molecule has 104 valence electrons. The summed E-state index contributed by atoms with van der Waals surface area (Å²) in [5.41, 5.74) is 1.46. The van der Waals surface area contributed by atoms with E-state index in [0.717, 1.165) is 5.69 Å². The Bertz CT molecular complexity index is 574. The van der Waals surface area contributed by atoms with Crippen LogP contribution in [0.3, 0.4) is 0 Å². The van der Waals surface area contributed by atoms with Crippen LogP contribution in [-0.4, -0.2) is 23.5 Å². The first-order valence-corrected chi connectivity index (χ1v) is 6.74. The minimum Gasteiger partial charge on any atom is -0.383 e. The largest absolute Gasteiger partial charge is 0.383 e. The van der Waals surface area contributed by atoms with E-state index in [9.17, 15) is 4.79 Å².